The van der Waals surface area contributed by atoms with Crippen molar-refractivity contribution in [3.05, 3.63) is 78.4 Å². The van der Waals surface area contributed by atoms with Crippen molar-refractivity contribution in [1.29, 1.82) is 0 Å². The standard InChI is InChI=1S/C24H25N7O2/c1-24(33,16-6-3-2-4-7-16)21-12-20(28-23(25)29-21)19-15-31(22-18(19)8-5-9-26-22)17-13-27-30(14-17)10-11-32/h2-9,12-13,15,27,32-33H,10-11,14H2,1H3,(H2,25,28,29). The number of aliphatic hydroxyl groups excluding tert-OH is 1. The van der Waals surface area contributed by atoms with E-state index in [1.165, 1.54) is 0 Å². The molecule has 1 aliphatic rings. The van der Waals surface area contributed by atoms with Gasteiger partial charge in [0.15, 0.2) is 0 Å². The zero-order valence-electron chi connectivity index (χ0n) is 18.2. The van der Waals surface area contributed by atoms with Crippen molar-refractivity contribution >= 4 is 22.7 Å². The number of fused-ring (bicyclic) bond motifs is 1. The van der Waals surface area contributed by atoms with Crippen LogP contribution in [0.3, 0.4) is 0 Å². The highest BCUT2D eigenvalue weighted by Crippen LogP contribution is 2.34. The fourth-order valence-electron chi connectivity index (χ4n) is 4.11. The van der Waals surface area contributed by atoms with Crippen LogP contribution in [0.2, 0.25) is 0 Å². The van der Waals surface area contributed by atoms with Crippen LogP contribution in [-0.4, -0.2) is 54.4 Å². The molecule has 1 aliphatic heterocycles. The number of aromatic nitrogens is 4. The molecule has 5 rings (SSSR count). The zero-order chi connectivity index (χ0) is 23.0. The number of aliphatic hydroxyl groups is 2. The van der Waals surface area contributed by atoms with Crippen molar-refractivity contribution in [2.75, 3.05) is 25.4 Å². The molecule has 5 N–H and O–H groups in total. The highest BCUT2D eigenvalue weighted by molar-refractivity contribution is 5.95. The summed E-state index contributed by atoms with van der Waals surface area (Å²) in [6.45, 7) is 2.89. The Morgan fingerprint density at radius 2 is 1.97 bits per heavy atom. The smallest absolute Gasteiger partial charge is 0.220 e. The Balaban J connectivity index is 1.61. The molecule has 0 bridgehead atoms. The van der Waals surface area contributed by atoms with Gasteiger partial charge in [-0.25, -0.2) is 20.0 Å². The predicted octanol–water partition coefficient (Wildman–Crippen LogP) is 1.94. The second-order valence-corrected chi connectivity index (χ2v) is 8.13. The van der Waals surface area contributed by atoms with Crippen molar-refractivity contribution in [3.63, 3.8) is 0 Å². The number of hydrazine groups is 1. The molecule has 1 unspecified atom stereocenters. The third-order valence-electron chi connectivity index (χ3n) is 5.86. The average Bonchev–Trinajstić information content (AvgIpc) is 3.44. The first-order valence-corrected chi connectivity index (χ1v) is 10.7. The summed E-state index contributed by atoms with van der Waals surface area (Å²) in [6, 6.07) is 15.0. The number of nitrogens with one attached hydrogen (secondary N) is 1. The van der Waals surface area contributed by atoms with E-state index in [0.717, 1.165) is 22.3 Å². The Kier molecular flexibility index (Phi) is 5.29. The minimum absolute atomic E-state index is 0.0639. The van der Waals surface area contributed by atoms with Crippen molar-refractivity contribution in [3.8, 4) is 11.3 Å². The van der Waals surface area contributed by atoms with Crippen molar-refractivity contribution in [2.45, 2.75) is 12.5 Å². The van der Waals surface area contributed by atoms with Crippen LogP contribution in [0.15, 0.2) is 67.1 Å². The Hall–Kier alpha value is -3.79. The van der Waals surface area contributed by atoms with E-state index in [1.807, 2.05) is 64.4 Å². The molecule has 0 spiro atoms. The fourth-order valence-corrected chi connectivity index (χ4v) is 4.11. The van der Waals surface area contributed by atoms with Gasteiger partial charge >= 0.3 is 0 Å². The van der Waals surface area contributed by atoms with Crippen LogP contribution in [-0.2, 0) is 5.60 Å². The Labute approximate surface area is 190 Å². The lowest BCUT2D eigenvalue weighted by Crippen LogP contribution is -2.33. The van der Waals surface area contributed by atoms with Crippen LogP contribution in [0.5, 0.6) is 0 Å². The first-order chi connectivity index (χ1) is 16.0. The number of hydrogen-bond donors (Lipinski definition) is 4. The Morgan fingerprint density at radius 1 is 1.15 bits per heavy atom. The Bertz CT molecular complexity index is 1330. The number of hydrogen-bond acceptors (Lipinski definition) is 8. The van der Waals surface area contributed by atoms with E-state index in [9.17, 15) is 10.2 Å². The van der Waals surface area contributed by atoms with Crippen LogP contribution in [0.25, 0.3) is 28.0 Å². The van der Waals surface area contributed by atoms with E-state index in [0.29, 0.717) is 30.0 Å². The summed E-state index contributed by atoms with van der Waals surface area (Å²) in [7, 11) is 0. The van der Waals surface area contributed by atoms with Gasteiger partial charge in [-0.1, -0.05) is 30.3 Å². The number of rotatable bonds is 6. The quantitative estimate of drug-likeness (QED) is 0.356. The van der Waals surface area contributed by atoms with E-state index < -0.39 is 5.60 Å². The summed E-state index contributed by atoms with van der Waals surface area (Å²) in [5, 5.41) is 23.4. The van der Waals surface area contributed by atoms with Gasteiger partial charge in [0.2, 0.25) is 5.95 Å². The summed E-state index contributed by atoms with van der Waals surface area (Å²) in [5.41, 5.74) is 12.2. The lowest BCUT2D eigenvalue weighted by Gasteiger charge is -2.23. The second kappa shape index (κ2) is 8.28. The van der Waals surface area contributed by atoms with Gasteiger partial charge in [-0.15, -0.1) is 0 Å². The van der Waals surface area contributed by atoms with E-state index in [2.05, 4.69) is 20.4 Å². The van der Waals surface area contributed by atoms with Gasteiger partial charge in [0.1, 0.15) is 11.2 Å². The van der Waals surface area contributed by atoms with Crippen LogP contribution >= 0.6 is 0 Å². The fraction of sp³-hybridized carbons (Fsp3) is 0.208. The number of nitrogens with two attached hydrogens (primary N) is 1. The van der Waals surface area contributed by atoms with E-state index in [-0.39, 0.29) is 12.6 Å². The van der Waals surface area contributed by atoms with Crippen LogP contribution < -0.4 is 11.2 Å². The molecule has 4 aromatic rings. The molecule has 4 heterocycles. The third-order valence-corrected chi connectivity index (χ3v) is 5.86. The van der Waals surface area contributed by atoms with Crippen LogP contribution in [0.4, 0.5) is 5.95 Å². The van der Waals surface area contributed by atoms with Gasteiger partial charge in [-0.3, -0.25) is 0 Å². The predicted molar refractivity (Wildman–Crippen MR) is 126 cm³/mol. The Morgan fingerprint density at radius 3 is 2.76 bits per heavy atom. The molecule has 9 nitrogen and oxygen atoms in total. The highest BCUT2D eigenvalue weighted by atomic mass is 16.3. The van der Waals surface area contributed by atoms with Gasteiger partial charge in [-0.05, 0) is 30.7 Å². The normalized spacial score (nSPS) is 15.9. The molecule has 0 amide bonds. The molecular formula is C24H25N7O2. The molecule has 0 radical (unpaired) electrons. The van der Waals surface area contributed by atoms with E-state index in [4.69, 9.17) is 5.73 Å². The molecule has 3 aromatic heterocycles. The second-order valence-electron chi connectivity index (χ2n) is 8.13. The maximum Gasteiger partial charge on any atom is 0.220 e. The number of nitrogen functional groups attached to an aromatic ring is 1. The minimum Gasteiger partial charge on any atom is -0.395 e. The minimum atomic E-state index is -1.34. The van der Waals surface area contributed by atoms with Gasteiger partial charge in [0, 0.05) is 36.1 Å². The lowest BCUT2D eigenvalue weighted by molar-refractivity contribution is 0.0975. The van der Waals surface area contributed by atoms with E-state index in [1.54, 1.807) is 19.2 Å². The molecule has 0 saturated heterocycles. The maximum absolute atomic E-state index is 11.3. The summed E-state index contributed by atoms with van der Waals surface area (Å²) >= 11 is 0. The average molecular weight is 444 g/mol. The van der Waals surface area contributed by atoms with Crippen LogP contribution in [0, 0.1) is 0 Å². The van der Waals surface area contributed by atoms with Gasteiger partial charge < -0.3 is 25.9 Å². The number of benzene rings is 1. The van der Waals surface area contributed by atoms with Crippen molar-refractivity contribution in [1.82, 2.24) is 30.0 Å². The first kappa shape index (κ1) is 21.1. The summed E-state index contributed by atoms with van der Waals surface area (Å²) in [5.74, 6) is 0.0827. The molecule has 0 aliphatic carbocycles. The molecule has 0 fully saturated rings. The SMILES string of the molecule is CC(O)(c1ccccc1)c1cc(-c2cn(C3=CNN(CCO)C3)c3ncccc23)nc(N)n1. The van der Waals surface area contributed by atoms with Gasteiger partial charge in [0.05, 0.1) is 30.2 Å². The molecule has 9 heteroatoms. The van der Waals surface area contributed by atoms with Gasteiger partial charge in [-0.2, -0.15) is 0 Å². The third kappa shape index (κ3) is 3.82. The zero-order valence-corrected chi connectivity index (χ0v) is 18.2. The first-order valence-electron chi connectivity index (χ1n) is 10.7. The molecule has 1 aromatic carbocycles. The van der Waals surface area contributed by atoms with Gasteiger partial charge in [0.25, 0.3) is 0 Å². The summed E-state index contributed by atoms with van der Waals surface area (Å²) in [4.78, 5) is 13.4. The summed E-state index contributed by atoms with van der Waals surface area (Å²) in [6.07, 6.45) is 5.61. The number of anilines is 1. The molecule has 33 heavy (non-hydrogen) atoms. The monoisotopic (exact) mass is 443 g/mol. The number of nitrogens with zero attached hydrogens (tertiary/aromatic N) is 5. The molecule has 0 saturated carbocycles. The topological polar surface area (TPSA) is 125 Å². The summed E-state index contributed by atoms with van der Waals surface area (Å²) < 4.78 is 2.00. The molecule has 1 atom stereocenters. The maximum atomic E-state index is 11.3. The van der Waals surface area contributed by atoms with E-state index >= 15 is 0 Å². The largest absolute Gasteiger partial charge is 0.395 e. The van der Waals surface area contributed by atoms with Crippen LogP contribution in [0.1, 0.15) is 18.2 Å². The number of pyridine rings is 1. The molecule has 168 valence electrons. The van der Waals surface area contributed by atoms with Crippen molar-refractivity contribution < 1.29 is 10.2 Å². The highest BCUT2D eigenvalue weighted by Gasteiger charge is 2.29. The molecular weight excluding hydrogens is 418 g/mol. The number of β-amino-alcohol motifs (C(OH)–C–C–N with tert-alkyl or cyclic N) is 1. The van der Waals surface area contributed by atoms with Crippen molar-refractivity contribution in [2.24, 2.45) is 0 Å². The lowest BCUT2D eigenvalue weighted by atomic mass is 9.91.